The zero-order chi connectivity index (χ0) is 14.0. The fraction of sp³-hybridized carbons (Fsp3) is 0.417. The number of hydrogen-bond donors (Lipinski definition) is 2. The van der Waals surface area contributed by atoms with Crippen molar-refractivity contribution in [3.05, 3.63) is 33.9 Å². The third-order valence-corrected chi connectivity index (χ3v) is 3.58. The van der Waals surface area contributed by atoms with Crippen LogP contribution in [0.25, 0.3) is 0 Å². The minimum absolute atomic E-state index is 0.0765. The molecule has 2 rings (SSSR count). The molecule has 1 aliphatic rings. The molecule has 0 aliphatic heterocycles. The molecule has 1 aromatic carbocycles. The number of anilines is 1. The highest BCUT2D eigenvalue weighted by Crippen LogP contribution is 2.32. The lowest BCUT2D eigenvalue weighted by Gasteiger charge is -2.37. The van der Waals surface area contributed by atoms with Gasteiger partial charge in [0.25, 0.3) is 5.69 Å². The van der Waals surface area contributed by atoms with E-state index in [1.165, 1.54) is 18.6 Å². The molecule has 0 heterocycles. The molecule has 0 amide bonds. The second kappa shape index (κ2) is 5.13. The van der Waals surface area contributed by atoms with E-state index in [0.29, 0.717) is 11.6 Å². The topological polar surface area (TPSA) is 105 Å². The minimum Gasteiger partial charge on any atom is -0.409 e. The predicted molar refractivity (Wildman–Crippen MR) is 71.6 cm³/mol. The lowest BCUT2D eigenvalue weighted by Crippen LogP contribution is -2.38. The molecule has 0 bridgehead atoms. The summed E-state index contributed by atoms with van der Waals surface area (Å²) >= 11 is 0. The van der Waals surface area contributed by atoms with Gasteiger partial charge in [0.05, 0.1) is 10.5 Å². The summed E-state index contributed by atoms with van der Waals surface area (Å²) in [6.07, 6.45) is 3.35. The van der Waals surface area contributed by atoms with Crippen molar-refractivity contribution in [2.24, 2.45) is 10.9 Å². The third kappa shape index (κ3) is 2.44. The molecule has 1 saturated carbocycles. The lowest BCUT2D eigenvalue weighted by molar-refractivity contribution is -0.384. The normalized spacial score (nSPS) is 15.9. The Bertz CT molecular complexity index is 526. The van der Waals surface area contributed by atoms with Crippen molar-refractivity contribution in [3.8, 4) is 0 Å². The van der Waals surface area contributed by atoms with Crippen molar-refractivity contribution in [1.82, 2.24) is 0 Å². The number of benzene rings is 1. The van der Waals surface area contributed by atoms with Crippen LogP contribution in [0, 0.1) is 10.1 Å². The molecule has 0 aromatic heterocycles. The average Bonchev–Trinajstić information content (AvgIpc) is 2.34. The number of nitrogens with zero attached hydrogens (tertiary/aromatic N) is 3. The second-order valence-electron chi connectivity index (χ2n) is 4.64. The van der Waals surface area contributed by atoms with Crippen LogP contribution in [0.3, 0.4) is 0 Å². The number of nitro benzene ring substituents is 1. The lowest BCUT2D eigenvalue weighted by atomic mass is 9.91. The second-order valence-corrected chi connectivity index (χ2v) is 4.64. The molecule has 3 N–H and O–H groups in total. The van der Waals surface area contributed by atoms with Crippen LogP contribution in [0.4, 0.5) is 11.4 Å². The number of non-ortho nitro benzene ring substituents is 1. The van der Waals surface area contributed by atoms with E-state index in [0.717, 1.165) is 18.5 Å². The summed E-state index contributed by atoms with van der Waals surface area (Å²) in [5.41, 5.74) is 6.66. The van der Waals surface area contributed by atoms with E-state index in [1.807, 2.05) is 11.9 Å². The van der Waals surface area contributed by atoms with Gasteiger partial charge in [-0.3, -0.25) is 10.1 Å². The van der Waals surface area contributed by atoms with E-state index >= 15 is 0 Å². The molecule has 1 aromatic rings. The third-order valence-electron chi connectivity index (χ3n) is 3.58. The Morgan fingerprint density at radius 1 is 1.58 bits per heavy atom. The van der Waals surface area contributed by atoms with Crippen molar-refractivity contribution < 1.29 is 10.1 Å². The summed E-state index contributed by atoms with van der Waals surface area (Å²) in [6.45, 7) is 0. The van der Waals surface area contributed by atoms with Crippen molar-refractivity contribution >= 4 is 17.2 Å². The van der Waals surface area contributed by atoms with E-state index in [1.54, 1.807) is 6.07 Å². The van der Waals surface area contributed by atoms with Gasteiger partial charge in [-0.1, -0.05) is 5.16 Å². The first-order valence-electron chi connectivity index (χ1n) is 6.03. The van der Waals surface area contributed by atoms with Gasteiger partial charge >= 0.3 is 0 Å². The summed E-state index contributed by atoms with van der Waals surface area (Å²) in [7, 11) is 1.92. The molecule has 7 nitrogen and oxygen atoms in total. The van der Waals surface area contributed by atoms with E-state index in [-0.39, 0.29) is 11.5 Å². The van der Waals surface area contributed by atoms with Crippen molar-refractivity contribution in [2.75, 3.05) is 11.9 Å². The standard InChI is InChI=1S/C12H16N4O3/c1-15(8-3-2-4-8)11-6-5-9(16(18)19)7-10(11)12(13)14-17/h5-8,17H,2-4H2,1H3,(H2,13,14). The molecule has 0 radical (unpaired) electrons. The maximum atomic E-state index is 10.8. The number of rotatable bonds is 4. The van der Waals surface area contributed by atoms with Crippen LogP contribution in [0.2, 0.25) is 0 Å². The molecule has 7 heteroatoms. The minimum atomic E-state index is -0.499. The van der Waals surface area contributed by atoms with Crippen LogP contribution in [0.15, 0.2) is 23.4 Å². The molecule has 102 valence electrons. The number of hydrogen-bond acceptors (Lipinski definition) is 5. The van der Waals surface area contributed by atoms with Gasteiger partial charge < -0.3 is 15.8 Å². The zero-order valence-electron chi connectivity index (χ0n) is 10.6. The van der Waals surface area contributed by atoms with Crippen molar-refractivity contribution in [3.63, 3.8) is 0 Å². The van der Waals surface area contributed by atoms with Gasteiger partial charge in [0, 0.05) is 30.9 Å². The summed E-state index contributed by atoms with van der Waals surface area (Å²) in [5, 5.41) is 22.6. The summed E-state index contributed by atoms with van der Waals surface area (Å²) in [5.74, 6) is -0.120. The Hall–Kier alpha value is -2.31. The van der Waals surface area contributed by atoms with Gasteiger partial charge in [0.15, 0.2) is 5.84 Å². The number of oxime groups is 1. The smallest absolute Gasteiger partial charge is 0.270 e. The van der Waals surface area contributed by atoms with Crippen LogP contribution in [0.1, 0.15) is 24.8 Å². The summed E-state index contributed by atoms with van der Waals surface area (Å²) < 4.78 is 0. The summed E-state index contributed by atoms with van der Waals surface area (Å²) in [4.78, 5) is 12.3. The molecule has 0 unspecified atom stereocenters. The van der Waals surface area contributed by atoms with E-state index in [2.05, 4.69) is 5.16 Å². The molecule has 1 aliphatic carbocycles. The maximum absolute atomic E-state index is 10.8. The predicted octanol–water partition coefficient (Wildman–Crippen LogP) is 1.68. The van der Waals surface area contributed by atoms with Crippen molar-refractivity contribution in [1.29, 1.82) is 0 Å². The van der Waals surface area contributed by atoms with Gasteiger partial charge in [0.2, 0.25) is 0 Å². The van der Waals surface area contributed by atoms with Crippen LogP contribution in [-0.2, 0) is 0 Å². The molecule has 0 saturated heterocycles. The van der Waals surface area contributed by atoms with Crippen LogP contribution >= 0.6 is 0 Å². The van der Waals surface area contributed by atoms with Crippen LogP contribution < -0.4 is 10.6 Å². The molecule has 1 fully saturated rings. The number of nitrogens with two attached hydrogens (primary N) is 1. The zero-order valence-corrected chi connectivity index (χ0v) is 10.6. The maximum Gasteiger partial charge on any atom is 0.270 e. The SMILES string of the molecule is CN(c1ccc([N+](=O)[O-])cc1/C(N)=N/O)C1CCC1. The van der Waals surface area contributed by atoms with E-state index < -0.39 is 4.92 Å². The average molecular weight is 264 g/mol. The number of nitro groups is 1. The fourth-order valence-corrected chi connectivity index (χ4v) is 2.17. The molecular weight excluding hydrogens is 248 g/mol. The fourth-order valence-electron chi connectivity index (χ4n) is 2.17. The first-order valence-corrected chi connectivity index (χ1v) is 6.03. The van der Waals surface area contributed by atoms with Gasteiger partial charge in [-0.05, 0) is 25.3 Å². The Kier molecular flexibility index (Phi) is 3.55. The largest absolute Gasteiger partial charge is 0.409 e. The monoisotopic (exact) mass is 264 g/mol. The molecule has 0 spiro atoms. The van der Waals surface area contributed by atoms with Crippen LogP contribution in [0.5, 0.6) is 0 Å². The quantitative estimate of drug-likeness (QED) is 0.283. The highest BCUT2D eigenvalue weighted by atomic mass is 16.6. The first kappa shape index (κ1) is 13.1. The Labute approximate surface area is 110 Å². The van der Waals surface area contributed by atoms with E-state index in [9.17, 15) is 10.1 Å². The van der Waals surface area contributed by atoms with Crippen LogP contribution in [-0.4, -0.2) is 29.1 Å². The Balaban J connectivity index is 2.43. The Morgan fingerprint density at radius 2 is 2.26 bits per heavy atom. The molecule has 0 atom stereocenters. The summed E-state index contributed by atoms with van der Waals surface area (Å²) in [6, 6.07) is 4.81. The van der Waals surface area contributed by atoms with Gasteiger partial charge in [-0.15, -0.1) is 0 Å². The Morgan fingerprint density at radius 3 is 2.74 bits per heavy atom. The van der Waals surface area contributed by atoms with Gasteiger partial charge in [0.1, 0.15) is 0 Å². The van der Waals surface area contributed by atoms with Gasteiger partial charge in [-0.2, -0.15) is 0 Å². The van der Waals surface area contributed by atoms with E-state index in [4.69, 9.17) is 10.9 Å². The number of amidine groups is 1. The molecule has 19 heavy (non-hydrogen) atoms. The first-order chi connectivity index (χ1) is 9.04. The highest BCUT2D eigenvalue weighted by molar-refractivity contribution is 6.02. The molecular formula is C12H16N4O3. The highest BCUT2D eigenvalue weighted by Gasteiger charge is 2.25. The van der Waals surface area contributed by atoms with Crippen molar-refractivity contribution in [2.45, 2.75) is 25.3 Å². The van der Waals surface area contributed by atoms with Gasteiger partial charge in [-0.25, -0.2) is 0 Å².